The zero-order chi connectivity index (χ0) is 21.6. The monoisotopic (exact) mass is 448 g/mol. The van der Waals surface area contributed by atoms with Gasteiger partial charge in [-0.05, 0) is 37.1 Å². The molecule has 1 N–H and O–H groups in total. The lowest BCUT2D eigenvalue weighted by Crippen LogP contribution is -2.41. The predicted octanol–water partition coefficient (Wildman–Crippen LogP) is 2.99. The minimum Gasteiger partial charge on any atom is -0.379 e. The number of carbonyl (C=O) groups excluding carboxylic acids is 1. The first-order valence-corrected chi connectivity index (χ1v) is 12.6. The second kappa shape index (κ2) is 10.4. The van der Waals surface area contributed by atoms with Gasteiger partial charge in [0.1, 0.15) is 0 Å². The summed E-state index contributed by atoms with van der Waals surface area (Å²) in [7, 11) is -3.64. The summed E-state index contributed by atoms with van der Waals surface area (Å²) < 4.78 is 32.6. The molecule has 0 unspecified atom stereocenters. The van der Waals surface area contributed by atoms with Crippen molar-refractivity contribution in [3.05, 3.63) is 64.7 Å². The van der Waals surface area contributed by atoms with Crippen molar-refractivity contribution in [1.29, 1.82) is 0 Å². The van der Waals surface area contributed by atoms with Gasteiger partial charge < -0.3 is 10.1 Å². The summed E-state index contributed by atoms with van der Waals surface area (Å²) in [5.74, 6) is 1.41. The molecule has 0 spiro atoms. The van der Waals surface area contributed by atoms with E-state index in [9.17, 15) is 13.2 Å². The van der Waals surface area contributed by atoms with Crippen LogP contribution in [0.25, 0.3) is 0 Å². The summed E-state index contributed by atoms with van der Waals surface area (Å²) in [5, 5.41) is 2.88. The van der Waals surface area contributed by atoms with Crippen molar-refractivity contribution >= 4 is 27.7 Å². The highest BCUT2D eigenvalue weighted by molar-refractivity contribution is 7.98. The Morgan fingerprint density at radius 3 is 2.50 bits per heavy atom. The van der Waals surface area contributed by atoms with Gasteiger partial charge in [0.25, 0.3) is 5.91 Å². The van der Waals surface area contributed by atoms with Crippen LogP contribution in [-0.2, 0) is 20.5 Å². The normalized spacial score (nSPS) is 15.1. The molecule has 2 aromatic rings. The molecule has 0 bridgehead atoms. The van der Waals surface area contributed by atoms with Crippen LogP contribution in [0.5, 0.6) is 0 Å². The van der Waals surface area contributed by atoms with E-state index in [0.29, 0.717) is 44.0 Å². The maximum absolute atomic E-state index is 13.0. The van der Waals surface area contributed by atoms with E-state index in [1.807, 2.05) is 0 Å². The van der Waals surface area contributed by atoms with E-state index in [-0.39, 0.29) is 10.8 Å². The molecule has 1 fully saturated rings. The number of hydrogen-bond acceptors (Lipinski definition) is 5. The Morgan fingerprint density at radius 2 is 1.80 bits per heavy atom. The van der Waals surface area contributed by atoms with E-state index in [1.165, 1.54) is 21.5 Å². The molecule has 0 atom stereocenters. The Balaban J connectivity index is 1.55. The van der Waals surface area contributed by atoms with Crippen LogP contribution >= 0.6 is 11.8 Å². The van der Waals surface area contributed by atoms with Crippen molar-refractivity contribution in [3.8, 4) is 0 Å². The third-order valence-electron chi connectivity index (χ3n) is 4.96. The average molecular weight is 449 g/mol. The lowest BCUT2D eigenvalue weighted by Gasteiger charge is -2.26. The van der Waals surface area contributed by atoms with Crippen LogP contribution in [0.3, 0.4) is 0 Å². The number of amides is 1. The number of ether oxygens (including phenoxy) is 1. The third-order valence-corrected chi connectivity index (χ3v) is 8.03. The highest BCUT2D eigenvalue weighted by Gasteiger charge is 2.28. The fourth-order valence-corrected chi connectivity index (χ4v) is 5.64. The molecule has 1 aliphatic rings. The van der Waals surface area contributed by atoms with Crippen molar-refractivity contribution in [2.24, 2.45) is 0 Å². The maximum Gasteiger partial charge on any atom is 0.251 e. The first-order chi connectivity index (χ1) is 14.4. The zero-order valence-electron chi connectivity index (χ0n) is 17.4. The molecule has 3 rings (SSSR count). The molecule has 8 heteroatoms. The highest BCUT2D eigenvalue weighted by Crippen LogP contribution is 2.22. The van der Waals surface area contributed by atoms with Crippen LogP contribution in [0.15, 0.2) is 47.4 Å². The Morgan fingerprint density at radius 1 is 1.10 bits per heavy atom. The summed E-state index contributed by atoms with van der Waals surface area (Å²) in [6, 6.07) is 13.3. The largest absolute Gasteiger partial charge is 0.379 e. The number of aryl methyl sites for hydroxylation is 2. The smallest absolute Gasteiger partial charge is 0.251 e. The summed E-state index contributed by atoms with van der Waals surface area (Å²) in [6.45, 7) is 5.77. The molecule has 0 saturated carbocycles. The molecule has 0 aromatic heterocycles. The van der Waals surface area contributed by atoms with Crippen LogP contribution < -0.4 is 5.32 Å². The molecular formula is C22H28N2O4S2. The van der Waals surface area contributed by atoms with E-state index >= 15 is 0 Å². The Kier molecular flexibility index (Phi) is 7.93. The number of hydrogen-bond donors (Lipinski definition) is 1. The molecule has 0 radical (unpaired) electrons. The number of carbonyl (C=O) groups is 1. The molecule has 1 heterocycles. The minimum atomic E-state index is -3.64. The van der Waals surface area contributed by atoms with Crippen molar-refractivity contribution in [1.82, 2.24) is 9.62 Å². The molecule has 0 aliphatic carbocycles. The summed E-state index contributed by atoms with van der Waals surface area (Å²) in [4.78, 5) is 12.7. The SMILES string of the molecule is Cc1ccc(CSCCNC(=O)c2ccc(C)c(S(=O)(=O)N3CCOCC3)c2)cc1. The number of nitrogens with zero attached hydrogens (tertiary/aromatic N) is 1. The molecule has 1 saturated heterocycles. The van der Waals surface area contributed by atoms with E-state index < -0.39 is 10.0 Å². The topological polar surface area (TPSA) is 75.7 Å². The molecular weight excluding hydrogens is 420 g/mol. The Bertz CT molecular complexity index is 969. The van der Waals surface area contributed by atoms with E-state index in [1.54, 1.807) is 30.8 Å². The summed E-state index contributed by atoms with van der Waals surface area (Å²) >= 11 is 1.75. The predicted molar refractivity (Wildman–Crippen MR) is 120 cm³/mol. The van der Waals surface area contributed by atoms with Crippen LogP contribution in [0.4, 0.5) is 0 Å². The van der Waals surface area contributed by atoms with E-state index in [2.05, 4.69) is 36.5 Å². The third kappa shape index (κ3) is 5.85. The Hall–Kier alpha value is -1.87. The molecule has 1 aliphatic heterocycles. The number of rotatable bonds is 8. The van der Waals surface area contributed by atoms with Crippen LogP contribution in [-0.4, -0.2) is 57.2 Å². The maximum atomic E-state index is 13.0. The lowest BCUT2D eigenvalue weighted by atomic mass is 10.1. The summed E-state index contributed by atoms with van der Waals surface area (Å²) in [5.41, 5.74) is 3.49. The van der Waals surface area contributed by atoms with Crippen molar-refractivity contribution < 1.29 is 17.9 Å². The quantitative estimate of drug-likeness (QED) is 0.629. The van der Waals surface area contributed by atoms with Gasteiger partial charge in [0.05, 0.1) is 18.1 Å². The van der Waals surface area contributed by atoms with Gasteiger partial charge in [0, 0.05) is 36.7 Å². The number of nitrogens with one attached hydrogen (secondary N) is 1. The standard InChI is InChI=1S/C22H28N2O4S2/c1-17-3-6-19(7-4-17)16-29-14-9-23-22(25)20-8-5-18(2)21(15-20)30(26,27)24-10-12-28-13-11-24/h3-8,15H,9-14,16H2,1-2H3,(H,23,25). The van der Waals surface area contributed by atoms with Gasteiger partial charge in [-0.25, -0.2) is 8.42 Å². The van der Waals surface area contributed by atoms with Gasteiger partial charge in [-0.1, -0.05) is 35.9 Å². The van der Waals surface area contributed by atoms with E-state index in [0.717, 1.165) is 11.5 Å². The van der Waals surface area contributed by atoms with Crippen LogP contribution in [0.2, 0.25) is 0 Å². The lowest BCUT2D eigenvalue weighted by molar-refractivity contribution is 0.0730. The average Bonchev–Trinajstić information content (AvgIpc) is 2.75. The number of sulfonamides is 1. The van der Waals surface area contributed by atoms with Crippen LogP contribution in [0.1, 0.15) is 27.0 Å². The van der Waals surface area contributed by atoms with Gasteiger partial charge in [0.2, 0.25) is 10.0 Å². The first kappa shape index (κ1) is 22.8. The molecule has 1 amide bonds. The fraction of sp³-hybridized carbons (Fsp3) is 0.409. The number of thioether (sulfide) groups is 1. The van der Waals surface area contributed by atoms with Crippen molar-refractivity contribution in [3.63, 3.8) is 0 Å². The zero-order valence-corrected chi connectivity index (χ0v) is 19.0. The molecule has 30 heavy (non-hydrogen) atoms. The van der Waals surface area contributed by atoms with Gasteiger partial charge in [-0.2, -0.15) is 16.1 Å². The second-order valence-electron chi connectivity index (χ2n) is 7.29. The molecule has 2 aromatic carbocycles. The highest BCUT2D eigenvalue weighted by atomic mass is 32.2. The first-order valence-electron chi connectivity index (χ1n) is 9.98. The van der Waals surface area contributed by atoms with Gasteiger partial charge in [-0.3, -0.25) is 4.79 Å². The number of benzene rings is 2. The van der Waals surface area contributed by atoms with E-state index in [4.69, 9.17) is 4.74 Å². The molecule has 162 valence electrons. The second-order valence-corrected chi connectivity index (χ2v) is 10.3. The van der Waals surface area contributed by atoms with Crippen molar-refractivity contribution in [2.75, 3.05) is 38.6 Å². The molecule has 6 nitrogen and oxygen atoms in total. The van der Waals surface area contributed by atoms with Gasteiger partial charge in [0.15, 0.2) is 0 Å². The number of morpholine rings is 1. The van der Waals surface area contributed by atoms with Crippen LogP contribution in [0, 0.1) is 13.8 Å². The van der Waals surface area contributed by atoms with Gasteiger partial charge in [-0.15, -0.1) is 0 Å². The van der Waals surface area contributed by atoms with Gasteiger partial charge >= 0.3 is 0 Å². The Labute approximate surface area is 183 Å². The fourth-order valence-electron chi connectivity index (χ4n) is 3.16. The summed E-state index contributed by atoms with van der Waals surface area (Å²) in [6.07, 6.45) is 0. The van der Waals surface area contributed by atoms with Crippen molar-refractivity contribution in [2.45, 2.75) is 24.5 Å². The minimum absolute atomic E-state index is 0.186.